The number of nitrogens with one attached hydrogen (secondary N) is 1. The zero-order valence-electron chi connectivity index (χ0n) is 16.7. The minimum atomic E-state index is -3.52. The zero-order valence-corrected chi connectivity index (χ0v) is 17.5. The standard InChI is InChI=1S/C22H25N3O3S/c1-16-7-8-22(17(2)13-16)29(27,28)25-11-9-24(10-12-25)15-21(26)19-14-23-20-6-4-3-5-18(19)20/h3-8,13-14,23H,9-12,15H2,1-2H3. The molecule has 2 aromatic carbocycles. The van der Waals surface area contributed by atoms with Crippen molar-refractivity contribution in [1.29, 1.82) is 0 Å². The molecular weight excluding hydrogens is 386 g/mol. The highest BCUT2D eigenvalue weighted by atomic mass is 32.2. The van der Waals surface area contributed by atoms with Gasteiger partial charge in [-0.1, -0.05) is 35.9 Å². The number of H-pyrrole nitrogens is 1. The van der Waals surface area contributed by atoms with Gasteiger partial charge in [0.05, 0.1) is 11.4 Å². The zero-order chi connectivity index (χ0) is 20.6. The lowest BCUT2D eigenvalue weighted by Crippen LogP contribution is -2.49. The molecule has 7 heteroatoms. The first-order valence-electron chi connectivity index (χ1n) is 9.75. The van der Waals surface area contributed by atoms with Gasteiger partial charge in [-0.05, 0) is 31.5 Å². The molecule has 1 aliphatic heterocycles. The summed E-state index contributed by atoms with van der Waals surface area (Å²) >= 11 is 0. The summed E-state index contributed by atoms with van der Waals surface area (Å²) in [7, 11) is -3.52. The van der Waals surface area contributed by atoms with E-state index in [0.717, 1.165) is 22.0 Å². The maximum atomic E-state index is 13.0. The van der Waals surface area contributed by atoms with Crippen LogP contribution in [0.2, 0.25) is 0 Å². The summed E-state index contributed by atoms with van der Waals surface area (Å²) in [4.78, 5) is 18.3. The average Bonchev–Trinajstić information content (AvgIpc) is 3.12. The van der Waals surface area contributed by atoms with Crippen molar-refractivity contribution in [1.82, 2.24) is 14.2 Å². The van der Waals surface area contributed by atoms with Crippen LogP contribution in [0.1, 0.15) is 21.5 Å². The summed E-state index contributed by atoms with van der Waals surface area (Å²) in [6.07, 6.45) is 1.76. The molecule has 0 saturated carbocycles. The first kappa shape index (κ1) is 19.8. The molecule has 2 heterocycles. The lowest BCUT2D eigenvalue weighted by atomic mass is 10.1. The monoisotopic (exact) mass is 411 g/mol. The Kier molecular flexibility index (Phi) is 5.29. The molecule has 1 N–H and O–H groups in total. The van der Waals surface area contributed by atoms with Gasteiger partial charge in [-0.3, -0.25) is 9.69 Å². The summed E-state index contributed by atoms with van der Waals surface area (Å²) in [5.74, 6) is 0.0492. The molecule has 0 amide bonds. The van der Waals surface area contributed by atoms with Crippen LogP contribution in [-0.4, -0.2) is 61.1 Å². The minimum Gasteiger partial charge on any atom is -0.360 e. The van der Waals surface area contributed by atoms with Gasteiger partial charge in [-0.15, -0.1) is 0 Å². The summed E-state index contributed by atoms with van der Waals surface area (Å²) in [5.41, 5.74) is 3.44. The minimum absolute atomic E-state index is 0.0492. The molecule has 0 bridgehead atoms. The number of Topliss-reactive ketones (excluding diaryl/α,β-unsaturated/α-hetero) is 1. The predicted octanol–water partition coefficient (Wildman–Crippen LogP) is 2.97. The number of ketones is 1. The van der Waals surface area contributed by atoms with Crippen LogP contribution in [0.5, 0.6) is 0 Å². The van der Waals surface area contributed by atoms with Crippen molar-refractivity contribution in [3.8, 4) is 0 Å². The van der Waals surface area contributed by atoms with Gasteiger partial charge in [0, 0.05) is 48.8 Å². The number of aromatic amines is 1. The fourth-order valence-electron chi connectivity index (χ4n) is 3.95. The number of aromatic nitrogens is 1. The number of piperazine rings is 1. The number of nitrogens with zero attached hydrogens (tertiary/aromatic N) is 2. The number of hydrogen-bond acceptors (Lipinski definition) is 4. The third-order valence-electron chi connectivity index (χ3n) is 5.54. The molecule has 3 aromatic rings. The van der Waals surface area contributed by atoms with Crippen LogP contribution < -0.4 is 0 Å². The molecule has 1 aromatic heterocycles. The second-order valence-corrected chi connectivity index (χ2v) is 9.53. The first-order chi connectivity index (χ1) is 13.9. The van der Waals surface area contributed by atoms with E-state index in [1.54, 1.807) is 12.3 Å². The average molecular weight is 412 g/mol. The van der Waals surface area contributed by atoms with Crippen molar-refractivity contribution in [2.24, 2.45) is 0 Å². The van der Waals surface area contributed by atoms with Crippen molar-refractivity contribution < 1.29 is 13.2 Å². The first-order valence-corrected chi connectivity index (χ1v) is 11.2. The van der Waals surface area contributed by atoms with Gasteiger partial charge in [0.25, 0.3) is 0 Å². The van der Waals surface area contributed by atoms with Crippen LogP contribution in [0, 0.1) is 13.8 Å². The van der Waals surface area contributed by atoms with E-state index in [2.05, 4.69) is 4.98 Å². The molecule has 1 saturated heterocycles. The third kappa shape index (κ3) is 3.85. The lowest BCUT2D eigenvalue weighted by Gasteiger charge is -2.33. The highest BCUT2D eigenvalue weighted by Gasteiger charge is 2.30. The van der Waals surface area contributed by atoms with E-state index in [1.807, 2.05) is 55.1 Å². The molecule has 0 atom stereocenters. The number of benzene rings is 2. The Balaban J connectivity index is 1.42. The second-order valence-electron chi connectivity index (χ2n) is 7.62. The Morgan fingerprint density at radius 2 is 1.76 bits per heavy atom. The summed E-state index contributed by atoms with van der Waals surface area (Å²) in [5, 5.41) is 0.925. The van der Waals surface area contributed by atoms with Gasteiger partial charge in [0.1, 0.15) is 0 Å². The van der Waals surface area contributed by atoms with E-state index >= 15 is 0 Å². The maximum Gasteiger partial charge on any atom is 0.243 e. The van der Waals surface area contributed by atoms with Gasteiger partial charge >= 0.3 is 0 Å². The topological polar surface area (TPSA) is 73.5 Å². The number of fused-ring (bicyclic) bond motifs is 1. The number of carbonyl (C=O) groups is 1. The third-order valence-corrected chi connectivity index (χ3v) is 7.60. The van der Waals surface area contributed by atoms with E-state index in [0.29, 0.717) is 43.2 Å². The Labute approximate surface area is 171 Å². The molecule has 0 aliphatic carbocycles. The van der Waals surface area contributed by atoms with Gasteiger partial charge < -0.3 is 4.98 Å². The van der Waals surface area contributed by atoms with Crippen molar-refractivity contribution in [2.75, 3.05) is 32.7 Å². The van der Waals surface area contributed by atoms with Crippen molar-refractivity contribution >= 4 is 26.7 Å². The molecule has 0 radical (unpaired) electrons. The smallest absolute Gasteiger partial charge is 0.243 e. The Morgan fingerprint density at radius 3 is 2.48 bits per heavy atom. The molecule has 6 nitrogen and oxygen atoms in total. The Morgan fingerprint density at radius 1 is 1.03 bits per heavy atom. The molecule has 1 fully saturated rings. The van der Waals surface area contributed by atoms with Crippen molar-refractivity contribution in [2.45, 2.75) is 18.7 Å². The molecular formula is C22H25N3O3S. The molecule has 29 heavy (non-hydrogen) atoms. The highest BCUT2D eigenvalue weighted by molar-refractivity contribution is 7.89. The number of aryl methyl sites for hydroxylation is 2. The number of sulfonamides is 1. The number of carbonyl (C=O) groups excluding carboxylic acids is 1. The fraction of sp³-hybridized carbons (Fsp3) is 0.318. The van der Waals surface area contributed by atoms with E-state index in [-0.39, 0.29) is 5.78 Å². The fourth-order valence-corrected chi connectivity index (χ4v) is 5.57. The van der Waals surface area contributed by atoms with Crippen LogP contribution in [-0.2, 0) is 10.0 Å². The predicted molar refractivity (Wildman–Crippen MR) is 114 cm³/mol. The van der Waals surface area contributed by atoms with Gasteiger partial charge in [0.15, 0.2) is 5.78 Å². The van der Waals surface area contributed by atoms with Gasteiger partial charge in [-0.2, -0.15) is 4.31 Å². The van der Waals surface area contributed by atoms with Gasteiger partial charge in [-0.25, -0.2) is 8.42 Å². The number of para-hydroxylation sites is 1. The molecule has 0 unspecified atom stereocenters. The summed E-state index contributed by atoms with van der Waals surface area (Å²) in [6.45, 7) is 5.92. The van der Waals surface area contributed by atoms with E-state index in [1.165, 1.54) is 4.31 Å². The number of rotatable bonds is 5. The van der Waals surface area contributed by atoms with E-state index in [4.69, 9.17) is 0 Å². The van der Waals surface area contributed by atoms with Crippen LogP contribution in [0.25, 0.3) is 10.9 Å². The Bertz CT molecular complexity index is 1160. The second kappa shape index (κ2) is 7.74. The Hall–Kier alpha value is -2.48. The van der Waals surface area contributed by atoms with Crippen LogP contribution in [0.3, 0.4) is 0 Å². The van der Waals surface area contributed by atoms with Gasteiger partial charge in [0.2, 0.25) is 10.0 Å². The largest absolute Gasteiger partial charge is 0.360 e. The summed E-state index contributed by atoms with van der Waals surface area (Å²) < 4.78 is 27.6. The highest BCUT2D eigenvalue weighted by Crippen LogP contribution is 2.23. The molecule has 152 valence electrons. The van der Waals surface area contributed by atoms with E-state index in [9.17, 15) is 13.2 Å². The molecule has 1 aliphatic rings. The van der Waals surface area contributed by atoms with Crippen LogP contribution >= 0.6 is 0 Å². The van der Waals surface area contributed by atoms with Crippen LogP contribution in [0.15, 0.2) is 53.6 Å². The van der Waals surface area contributed by atoms with Crippen LogP contribution in [0.4, 0.5) is 0 Å². The lowest BCUT2D eigenvalue weighted by molar-refractivity contribution is 0.0903. The quantitative estimate of drug-likeness (QED) is 0.655. The van der Waals surface area contributed by atoms with E-state index < -0.39 is 10.0 Å². The SMILES string of the molecule is Cc1ccc(S(=O)(=O)N2CCN(CC(=O)c3c[nH]c4ccccc34)CC2)c(C)c1. The maximum absolute atomic E-state index is 13.0. The normalized spacial score (nSPS) is 16.3. The molecule has 0 spiro atoms. The van der Waals surface area contributed by atoms with Crippen molar-refractivity contribution in [3.05, 3.63) is 65.4 Å². The summed E-state index contributed by atoms with van der Waals surface area (Å²) in [6, 6.07) is 13.1. The molecule has 4 rings (SSSR count). The van der Waals surface area contributed by atoms with Crippen molar-refractivity contribution in [3.63, 3.8) is 0 Å². The number of hydrogen-bond donors (Lipinski definition) is 1.